The van der Waals surface area contributed by atoms with Crippen LogP contribution in [0.1, 0.15) is 30.6 Å². The Kier molecular flexibility index (Phi) is 4.55. The van der Waals surface area contributed by atoms with E-state index in [9.17, 15) is 4.39 Å². The van der Waals surface area contributed by atoms with Crippen molar-refractivity contribution >= 4 is 5.69 Å². The van der Waals surface area contributed by atoms with Crippen molar-refractivity contribution in [3.8, 4) is 0 Å². The first-order chi connectivity index (χ1) is 10.3. The highest BCUT2D eigenvalue weighted by Gasteiger charge is 2.15. The van der Waals surface area contributed by atoms with Crippen LogP contribution in [0.4, 0.5) is 10.1 Å². The second kappa shape index (κ2) is 6.76. The minimum Gasteiger partial charge on any atom is -0.468 e. The zero-order valence-corrected chi connectivity index (χ0v) is 12.1. The van der Waals surface area contributed by atoms with Gasteiger partial charge in [0.2, 0.25) is 0 Å². The number of benzene rings is 1. The van der Waals surface area contributed by atoms with Gasteiger partial charge in [-0.1, -0.05) is 6.07 Å². The van der Waals surface area contributed by atoms with Crippen LogP contribution < -0.4 is 10.2 Å². The van der Waals surface area contributed by atoms with Gasteiger partial charge in [-0.05, 0) is 49.1 Å². The first kappa shape index (κ1) is 14.1. The van der Waals surface area contributed by atoms with Crippen LogP contribution in [0.3, 0.4) is 0 Å². The summed E-state index contributed by atoms with van der Waals surface area (Å²) in [6, 6.07) is 9.21. The van der Waals surface area contributed by atoms with Crippen molar-refractivity contribution in [3.63, 3.8) is 0 Å². The third kappa shape index (κ3) is 3.64. The van der Waals surface area contributed by atoms with Crippen LogP contribution in [0.25, 0.3) is 0 Å². The molecule has 1 aliphatic rings. The van der Waals surface area contributed by atoms with Crippen LogP contribution in [0.2, 0.25) is 0 Å². The van der Waals surface area contributed by atoms with Crippen molar-refractivity contribution in [2.24, 2.45) is 0 Å². The SMILES string of the molecule is Fc1ccc(CNCc2ccco2)cc1N1CCCCC1. The summed E-state index contributed by atoms with van der Waals surface area (Å²) in [6.07, 6.45) is 5.23. The molecule has 0 atom stereocenters. The number of piperidine rings is 1. The number of anilines is 1. The molecule has 1 aromatic carbocycles. The van der Waals surface area contributed by atoms with E-state index in [0.29, 0.717) is 13.1 Å². The third-order valence-corrected chi connectivity index (χ3v) is 3.92. The first-order valence-corrected chi connectivity index (χ1v) is 7.59. The normalized spacial score (nSPS) is 15.4. The second-order valence-electron chi connectivity index (χ2n) is 5.52. The minimum atomic E-state index is -0.119. The highest BCUT2D eigenvalue weighted by molar-refractivity contribution is 5.50. The highest BCUT2D eigenvalue weighted by atomic mass is 19.1. The molecule has 21 heavy (non-hydrogen) atoms. The standard InChI is InChI=1S/C17H21FN2O/c18-16-7-6-14(12-19-13-15-5-4-10-21-15)11-17(16)20-8-2-1-3-9-20/h4-7,10-11,19H,1-3,8-9,12-13H2. The average molecular weight is 288 g/mol. The van der Waals surface area contributed by atoms with E-state index in [1.165, 1.54) is 6.42 Å². The van der Waals surface area contributed by atoms with E-state index in [0.717, 1.165) is 42.9 Å². The van der Waals surface area contributed by atoms with Crippen molar-refractivity contribution in [2.45, 2.75) is 32.4 Å². The molecule has 0 amide bonds. The second-order valence-corrected chi connectivity index (χ2v) is 5.52. The molecule has 1 saturated heterocycles. The zero-order chi connectivity index (χ0) is 14.5. The molecule has 0 radical (unpaired) electrons. The van der Waals surface area contributed by atoms with Crippen LogP contribution in [0.5, 0.6) is 0 Å². The Bertz CT molecular complexity index is 562. The molecule has 2 aromatic rings. The maximum absolute atomic E-state index is 14.0. The van der Waals surface area contributed by atoms with E-state index in [1.807, 2.05) is 24.3 Å². The van der Waals surface area contributed by atoms with Gasteiger partial charge in [-0.2, -0.15) is 0 Å². The summed E-state index contributed by atoms with van der Waals surface area (Å²) >= 11 is 0. The van der Waals surface area contributed by atoms with Crippen LogP contribution in [0, 0.1) is 5.82 Å². The molecule has 1 fully saturated rings. The van der Waals surface area contributed by atoms with Crippen LogP contribution in [-0.2, 0) is 13.1 Å². The Morgan fingerprint density at radius 1 is 1.10 bits per heavy atom. The smallest absolute Gasteiger partial charge is 0.146 e. The summed E-state index contributed by atoms with van der Waals surface area (Å²) in [5.41, 5.74) is 1.84. The summed E-state index contributed by atoms with van der Waals surface area (Å²) in [7, 11) is 0. The summed E-state index contributed by atoms with van der Waals surface area (Å²) in [4.78, 5) is 2.16. The molecule has 3 nitrogen and oxygen atoms in total. The summed E-state index contributed by atoms with van der Waals surface area (Å²) < 4.78 is 19.3. The number of hydrogen-bond donors (Lipinski definition) is 1. The zero-order valence-electron chi connectivity index (χ0n) is 12.1. The molecule has 1 aliphatic heterocycles. The molecule has 0 saturated carbocycles. The topological polar surface area (TPSA) is 28.4 Å². The van der Waals surface area contributed by atoms with Crippen molar-refractivity contribution in [1.82, 2.24) is 5.32 Å². The van der Waals surface area contributed by atoms with E-state index >= 15 is 0 Å². The van der Waals surface area contributed by atoms with Gasteiger partial charge in [0.1, 0.15) is 11.6 Å². The molecule has 3 rings (SSSR count). The summed E-state index contributed by atoms with van der Waals surface area (Å²) in [5.74, 6) is 0.792. The first-order valence-electron chi connectivity index (χ1n) is 7.59. The van der Waals surface area contributed by atoms with Crippen LogP contribution in [0.15, 0.2) is 41.0 Å². The van der Waals surface area contributed by atoms with Gasteiger partial charge in [0, 0.05) is 19.6 Å². The van der Waals surface area contributed by atoms with Gasteiger partial charge in [-0.3, -0.25) is 0 Å². The van der Waals surface area contributed by atoms with Gasteiger partial charge in [-0.15, -0.1) is 0 Å². The van der Waals surface area contributed by atoms with Gasteiger partial charge >= 0.3 is 0 Å². The number of halogens is 1. The van der Waals surface area contributed by atoms with Crippen molar-refractivity contribution in [2.75, 3.05) is 18.0 Å². The van der Waals surface area contributed by atoms with Gasteiger partial charge in [0.05, 0.1) is 18.5 Å². The predicted octanol–water partition coefficient (Wildman–Crippen LogP) is 3.70. The lowest BCUT2D eigenvalue weighted by molar-refractivity contribution is 0.483. The highest BCUT2D eigenvalue weighted by Crippen LogP contribution is 2.24. The molecule has 0 aliphatic carbocycles. The lowest BCUT2D eigenvalue weighted by Gasteiger charge is -2.29. The Morgan fingerprint density at radius 2 is 1.95 bits per heavy atom. The lowest BCUT2D eigenvalue weighted by Crippen LogP contribution is -2.30. The fourth-order valence-corrected chi connectivity index (χ4v) is 2.79. The third-order valence-electron chi connectivity index (χ3n) is 3.92. The lowest BCUT2D eigenvalue weighted by atomic mass is 10.1. The molecule has 1 N–H and O–H groups in total. The predicted molar refractivity (Wildman–Crippen MR) is 81.7 cm³/mol. The largest absolute Gasteiger partial charge is 0.468 e. The molecule has 0 unspecified atom stereocenters. The van der Waals surface area contributed by atoms with E-state index in [4.69, 9.17) is 4.42 Å². The van der Waals surface area contributed by atoms with E-state index in [2.05, 4.69) is 10.2 Å². The maximum Gasteiger partial charge on any atom is 0.146 e. The van der Waals surface area contributed by atoms with Gasteiger partial charge in [0.15, 0.2) is 0 Å². The number of nitrogens with zero attached hydrogens (tertiary/aromatic N) is 1. The molecule has 2 heterocycles. The molecule has 112 valence electrons. The van der Waals surface area contributed by atoms with Gasteiger partial charge in [-0.25, -0.2) is 4.39 Å². The average Bonchev–Trinajstić information content (AvgIpc) is 3.03. The van der Waals surface area contributed by atoms with Crippen molar-refractivity contribution in [3.05, 3.63) is 53.7 Å². The summed E-state index contributed by atoms with van der Waals surface area (Å²) in [6.45, 7) is 3.31. The number of furan rings is 1. The monoisotopic (exact) mass is 288 g/mol. The molecule has 0 bridgehead atoms. The van der Waals surface area contributed by atoms with Crippen LogP contribution >= 0.6 is 0 Å². The fraction of sp³-hybridized carbons (Fsp3) is 0.412. The Balaban J connectivity index is 1.62. The van der Waals surface area contributed by atoms with E-state index in [1.54, 1.807) is 12.3 Å². The molecular formula is C17H21FN2O. The van der Waals surface area contributed by atoms with Crippen LogP contribution in [-0.4, -0.2) is 13.1 Å². The van der Waals surface area contributed by atoms with Crippen molar-refractivity contribution in [1.29, 1.82) is 0 Å². The minimum absolute atomic E-state index is 0.119. The molecule has 0 spiro atoms. The Morgan fingerprint density at radius 3 is 2.71 bits per heavy atom. The van der Waals surface area contributed by atoms with Gasteiger partial charge in [0.25, 0.3) is 0 Å². The number of rotatable bonds is 5. The quantitative estimate of drug-likeness (QED) is 0.909. The molecular weight excluding hydrogens is 267 g/mol. The van der Waals surface area contributed by atoms with Gasteiger partial charge < -0.3 is 14.6 Å². The fourth-order valence-electron chi connectivity index (χ4n) is 2.79. The van der Waals surface area contributed by atoms with E-state index in [-0.39, 0.29) is 5.82 Å². The van der Waals surface area contributed by atoms with E-state index < -0.39 is 0 Å². The molecule has 4 heteroatoms. The number of nitrogens with one attached hydrogen (secondary N) is 1. The molecule has 1 aromatic heterocycles. The summed E-state index contributed by atoms with van der Waals surface area (Å²) in [5, 5.41) is 3.32. The maximum atomic E-state index is 14.0. The number of hydrogen-bond acceptors (Lipinski definition) is 3. The Hall–Kier alpha value is -1.81. The Labute approximate surface area is 124 Å². The van der Waals surface area contributed by atoms with Crippen molar-refractivity contribution < 1.29 is 8.81 Å².